The Morgan fingerprint density at radius 3 is 2.15 bits per heavy atom. The van der Waals surface area contributed by atoms with E-state index in [0.717, 1.165) is 17.0 Å². The molecule has 0 bridgehead atoms. The van der Waals surface area contributed by atoms with Crippen LogP contribution in [0.4, 0.5) is 5.69 Å². The molecular formula is C21H26N2O2S. The second-order valence-corrected chi connectivity index (χ2v) is 7.55. The van der Waals surface area contributed by atoms with Gasteiger partial charge in [-0.05, 0) is 44.5 Å². The van der Waals surface area contributed by atoms with E-state index in [2.05, 4.69) is 5.32 Å². The molecule has 0 aliphatic heterocycles. The van der Waals surface area contributed by atoms with Crippen molar-refractivity contribution in [3.8, 4) is 0 Å². The minimum Gasteiger partial charge on any atom is -0.330 e. The number of carbonyl (C=O) groups is 2. The SMILES string of the molecule is CCCN(C(=O)C(C)Sc1ccccc1)C(C)C(=O)Nc1ccccc1. The summed E-state index contributed by atoms with van der Waals surface area (Å²) in [5, 5.41) is 2.63. The maximum atomic E-state index is 13.0. The standard InChI is InChI=1S/C21H26N2O2S/c1-4-15-23(16(2)20(24)22-18-11-7-5-8-12-18)21(25)17(3)26-19-13-9-6-10-14-19/h5-14,16-17H,4,15H2,1-3H3,(H,22,24). The zero-order valence-corrected chi connectivity index (χ0v) is 16.3. The van der Waals surface area contributed by atoms with Crippen molar-refractivity contribution in [3.63, 3.8) is 0 Å². The molecular weight excluding hydrogens is 344 g/mol. The maximum absolute atomic E-state index is 13.0. The van der Waals surface area contributed by atoms with Crippen molar-refractivity contribution in [3.05, 3.63) is 60.7 Å². The number of nitrogens with zero attached hydrogens (tertiary/aromatic N) is 1. The zero-order chi connectivity index (χ0) is 18.9. The number of benzene rings is 2. The maximum Gasteiger partial charge on any atom is 0.246 e. The number of hydrogen-bond acceptors (Lipinski definition) is 3. The van der Waals surface area contributed by atoms with Gasteiger partial charge in [-0.25, -0.2) is 0 Å². The number of para-hydroxylation sites is 1. The van der Waals surface area contributed by atoms with E-state index < -0.39 is 6.04 Å². The van der Waals surface area contributed by atoms with Gasteiger partial charge in [0.2, 0.25) is 11.8 Å². The van der Waals surface area contributed by atoms with Crippen LogP contribution < -0.4 is 5.32 Å². The Kier molecular flexibility index (Phi) is 7.73. The highest BCUT2D eigenvalue weighted by atomic mass is 32.2. The summed E-state index contributed by atoms with van der Waals surface area (Å²) in [5.41, 5.74) is 0.736. The number of amides is 2. The lowest BCUT2D eigenvalue weighted by Crippen LogP contribution is -2.48. The highest BCUT2D eigenvalue weighted by Gasteiger charge is 2.29. The highest BCUT2D eigenvalue weighted by molar-refractivity contribution is 8.00. The molecule has 0 aliphatic rings. The summed E-state index contributed by atoms with van der Waals surface area (Å²) < 4.78 is 0. The van der Waals surface area contributed by atoms with E-state index in [9.17, 15) is 9.59 Å². The van der Waals surface area contributed by atoms with Gasteiger partial charge in [0.25, 0.3) is 0 Å². The summed E-state index contributed by atoms with van der Waals surface area (Å²) in [6.45, 7) is 6.25. The Labute approximate surface area is 160 Å². The molecule has 2 aromatic rings. The molecule has 0 aliphatic carbocycles. The van der Waals surface area contributed by atoms with Crippen LogP contribution in [-0.4, -0.2) is 34.6 Å². The third-order valence-electron chi connectivity index (χ3n) is 4.04. The first kappa shape index (κ1) is 20.0. The zero-order valence-electron chi connectivity index (χ0n) is 15.5. The minimum absolute atomic E-state index is 0.0172. The fourth-order valence-electron chi connectivity index (χ4n) is 2.63. The van der Waals surface area contributed by atoms with Crippen molar-refractivity contribution < 1.29 is 9.59 Å². The predicted octanol–water partition coefficient (Wildman–Crippen LogP) is 4.43. The normalized spacial score (nSPS) is 12.9. The highest BCUT2D eigenvalue weighted by Crippen LogP contribution is 2.25. The number of carbonyl (C=O) groups excluding carboxylic acids is 2. The quantitative estimate of drug-likeness (QED) is 0.699. The summed E-state index contributed by atoms with van der Waals surface area (Å²) in [7, 11) is 0. The van der Waals surface area contributed by atoms with Crippen LogP contribution in [0.2, 0.25) is 0 Å². The van der Waals surface area contributed by atoms with Gasteiger partial charge in [0.05, 0.1) is 5.25 Å². The first-order valence-electron chi connectivity index (χ1n) is 8.91. The molecule has 138 valence electrons. The van der Waals surface area contributed by atoms with Crippen LogP contribution in [-0.2, 0) is 9.59 Å². The molecule has 26 heavy (non-hydrogen) atoms. The first-order chi connectivity index (χ1) is 12.5. The van der Waals surface area contributed by atoms with E-state index in [4.69, 9.17) is 0 Å². The van der Waals surface area contributed by atoms with Gasteiger partial charge in [0.1, 0.15) is 6.04 Å². The van der Waals surface area contributed by atoms with Gasteiger partial charge >= 0.3 is 0 Å². The molecule has 4 nitrogen and oxygen atoms in total. The second-order valence-electron chi connectivity index (χ2n) is 6.14. The van der Waals surface area contributed by atoms with Crippen LogP contribution in [0.25, 0.3) is 0 Å². The van der Waals surface area contributed by atoms with E-state index in [1.807, 2.05) is 74.5 Å². The molecule has 0 fully saturated rings. The molecule has 2 amide bonds. The number of anilines is 1. The summed E-state index contributed by atoms with van der Waals surface area (Å²) in [6, 6.07) is 18.6. The fraction of sp³-hybridized carbons (Fsp3) is 0.333. The summed E-state index contributed by atoms with van der Waals surface area (Å²) >= 11 is 1.52. The molecule has 2 rings (SSSR count). The molecule has 0 radical (unpaired) electrons. The van der Waals surface area contributed by atoms with Crippen LogP contribution in [0.5, 0.6) is 0 Å². The number of nitrogens with one attached hydrogen (secondary N) is 1. The van der Waals surface area contributed by atoms with Crippen molar-refractivity contribution in [1.29, 1.82) is 0 Å². The third kappa shape index (κ3) is 5.63. The molecule has 1 N–H and O–H groups in total. The smallest absolute Gasteiger partial charge is 0.246 e. The molecule has 0 spiro atoms. The fourth-order valence-corrected chi connectivity index (χ4v) is 3.59. The van der Waals surface area contributed by atoms with Gasteiger partial charge in [0.15, 0.2) is 0 Å². The molecule has 2 atom stereocenters. The van der Waals surface area contributed by atoms with Gasteiger partial charge in [-0.3, -0.25) is 9.59 Å². The molecule has 0 heterocycles. The van der Waals surface area contributed by atoms with Gasteiger partial charge in [-0.1, -0.05) is 43.3 Å². The summed E-state index contributed by atoms with van der Waals surface area (Å²) in [4.78, 5) is 28.3. The number of thioether (sulfide) groups is 1. The van der Waals surface area contributed by atoms with Crippen molar-refractivity contribution in [2.45, 2.75) is 43.4 Å². The average molecular weight is 371 g/mol. The van der Waals surface area contributed by atoms with Crippen LogP contribution in [0.1, 0.15) is 27.2 Å². The third-order valence-corrected chi connectivity index (χ3v) is 5.14. The van der Waals surface area contributed by atoms with Crippen LogP contribution in [0.3, 0.4) is 0 Å². The molecule has 0 saturated carbocycles. The van der Waals surface area contributed by atoms with Crippen molar-refractivity contribution in [1.82, 2.24) is 4.90 Å². The Bertz CT molecular complexity index is 706. The van der Waals surface area contributed by atoms with Crippen molar-refractivity contribution >= 4 is 29.3 Å². The second kappa shape index (κ2) is 10.0. The van der Waals surface area contributed by atoms with Crippen LogP contribution in [0.15, 0.2) is 65.6 Å². The van der Waals surface area contributed by atoms with Crippen molar-refractivity contribution in [2.24, 2.45) is 0 Å². The first-order valence-corrected chi connectivity index (χ1v) is 9.79. The lowest BCUT2D eigenvalue weighted by Gasteiger charge is -2.30. The van der Waals surface area contributed by atoms with E-state index in [0.29, 0.717) is 6.54 Å². The Balaban J connectivity index is 2.05. The van der Waals surface area contributed by atoms with E-state index in [1.165, 1.54) is 11.8 Å². The lowest BCUT2D eigenvalue weighted by molar-refractivity contribution is -0.137. The molecule has 2 unspecified atom stereocenters. The van der Waals surface area contributed by atoms with Crippen molar-refractivity contribution in [2.75, 3.05) is 11.9 Å². The Morgan fingerprint density at radius 2 is 1.58 bits per heavy atom. The lowest BCUT2D eigenvalue weighted by atomic mass is 10.2. The molecule has 0 saturated heterocycles. The molecule has 5 heteroatoms. The van der Waals surface area contributed by atoms with Gasteiger partial charge in [0, 0.05) is 17.1 Å². The van der Waals surface area contributed by atoms with E-state index >= 15 is 0 Å². The monoisotopic (exact) mass is 370 g/mol. The Hall–Kier alpha value is -2.27. The topological polar surface area (TPSA) is 49.4 Å². The minimum atomic E-state index is -0.526. The van der Waals surface area contributed by atoms with Gasteiger partial charge in [-0.15, -0.1) is 11.8 Å². The largest absolute Gasteiger partial charge is 0.330 e. The van der Waals surface area contributed by atoms with Crippen LogP contribution in [0, 0.1) is 0 Å². The van der Waals surface area contributed by atoms with E-state index in [1.54, 1.807) is 11.8 Å². The number of hydrogen-bond donors (Lipinski definition) is 1. The van der Waals surface area contributed by atoms with Crippen LogP contribution >= 0.6 is 11.8 Å². The summed E-state index contributed by atoms with van der Waals surface area (Å²) in [5.74, 6) is -0.189. The Morgan fingerprint density at radius 1 is 1.00 bits per heavy atom. The molecule has 2 aromatic carbocycles. The van der Waals surface area contributed by atoms with Gasteiger partial charge < -0.3 is 10.2 Å². The van der Waals surface area contributed by atoms with Gasteiger partial charge in [-0.2, -0.15) is 0 Å². The summed E-state index contributed by atoms with van der Waals surface area (Å²) in [6.07, 6.45) is 0.803. The number of rotatable bonds is 8. The molecule has 0 aromatic heterocycles. The van der Waals surface area contributed by atoms with E-state index in [-0.39, 0.29) is 17.1 Å². The predicted molar refractivity (Wildman–Crippen MR) is 108 cm³/mol. The average Bonchev–Trinajstić information content (AvgIpc) is 2.66.